The summed E-state index contributed by atoms with van der Waals surface area (Å²) in [6.07, 6.45) is 3.25. The molecule has 86 valence electrons. The second-order valence-electron chi connectivity index (χ2n) is 4.37. The Labute approximate surface area is 96.6 Å². The Kier molecular flexibility index (Phi) is 2.99. The molecule has 16 heavy (non-hydrogen) atoms. The van der Waals surface area contributed by atoms with E-state index in [1.807, 2.05) is 0 Å². The first kappa shape index (κ1) is 11.2. The van der Waals surface area contributed by atoms with E-state index in [4.69, 9.17) is 4.74 Å². The number of cyclic esters (lactones) is 1. The monoisotopic (exact) mass is 218 g/mol. The van der Waals surface area contributed by atoms with Crippen LogP contribution in [0.1, 0.15) is 44.2 Å². The normalized spacial score (nSPS) is 24.5. The van der Waals surface area contributed by atoms with Gasteiger partial charge in [-0.2, -0.15) is 0 Å². The third kappa shape index (κ3) is 1.84. The maximum atomic E-state index is 11.3. The van der Waals surface area contributed by atoms with Crippen molar-refractivity contribution >= 4 is 5.97 Å². The Bertz CT molecular complexity index is 380. The van der Waals surface area contributed by atoms with Crippen LogP contribution in [0.4, 0.5) is 0 Å². The smallest absolute Gasteiger partial charge is 0.306 e. The first-order chi connectivity index (χ1) is 7.70. The molecular weight excluding hydrogens is 200 g/mol. The average Bonchev–Trinajstić information content (AvgIpc) is 2.72. The van der Waals surface area contributed by atoms with E-state index in [9.17, 15) is 4.79 Å². The summed E-state index contributed by atoms with van der Waals surface area (Å²) in [6, 6.07) is 8.44. The molecule has 0 N–H and O–H groups in total. The third-order valence-corrected chi connectivity index (χ3v) is 3.50. The van der Waals surface area contributed by atoms with Gasteiger partial charge in [0.1, 0.15) is 5.60 Å². The fourth-order valence-electron chi connectivity index (χ4n) is 2.32. The van der Waals surface area contributed by atoms with Crippen LogP contribution in [0, 0.1) is 0 Å². The van der Waals surface area contributed by atoms with Gasteiger partial charge < -0.3 is 4.74 Å². The van der Waals surface area contributed by atoms with E-state index >= 15 is 0 Å². The van der Waals surface area contributed by atoms with Crippen LogP contribution in [0.2, 0.25) is 0 Å². The lowest BCUT2D eigenvalue weighted by atomic mass is 9.88. The van der Waals surface area contributed by atoms with E-state index in [0.29, 0.717) is 6.42 Å². The number of ether oxygens (including phenoxy) is 1. The van der Waals surface area contributed by atoms with E-state index in [1.165, 1.54) is 5.56 Å². The maximum Gasteiger partial charge on any atom is 0.306 e. The Morgan fingerprint density at radius 2 is 1.94 bits per heavy atom. The molecule has 1 aliphatic heterocycles. The standard InChI is InChI=1S/C14H18O2/c1-3-11-5-7-12(8-6-11)14(4-2)10-9-13(15)16-14/h5-8H,3-4,9-10H2,1-2H3. The lowest BCUT2D eigenvalue weighted by Gasteiger charge is -2.26. The minimum Gasteiger partial charge on any atom is -0.454 e. The largest absolute Gasteiger partial charge is 0.454 e. The van der Waals surface area contributed by atoms with Gasteiger partial charge in [-0.05, 0) is 24.0 Å². The van der Waals surface area contributed by atoms with Gasteiger partial charge in [-0.1, -0.05) is 38.1 Å². The van der Waals surface area contributed by atoms with Crippen LogP contribution in [-0.2, 0) is 21.6 Å². The number of rotatable bonds is 3. The van der Waals surface area contributed by atoms with Gasteiger partial charge in [-0.25, -0.2) is 0 Å². The van der Waals surface area contributed by atoms with Crippen molar-refractivity contribution in [3.05, 3.63) is 35.4 Å². The van der Waals surface area contributed by atoms with Gasteiger partial charge in [-0.15, -0.1) is 0 Å². The molecule has 1 aromatic rings. The summed E-state index contributed by atoms with van der Waals surface area (Å²) >= 11 is 0. The van der Waals surface area contributed by atoms with Crippen LogP contribution in [0.15, 0.2) is 24.3 Å². The Balaban J connectivity index is 2.30. The molecule has 0 aliphatic carbocycles. The van der Waals surface area contributed by atoms with Crippen molar-refractivity contribution in [2.24, 2.45) is 0 Å². The SMILES string of the molecule is CCc1ccc(C2(CC)CCC(=O)O2)cc1. The average molecular weight is 218 g/mol. The molecule has 1 saturated heterocycles. The van der Waals surface area contributed by atoms with Gasteiger partial charge in [0.25, 0.3) is 0 Å². The summed E-state index contributed by atoms with van der Waals surface area (Å²) < 4.78 is 5.52. The van der Waals surface area contributed by atoms with Crippen LogP contribution >= 0.6 is 0 Å². The summed E-state index contributed by atoms with van der Waals surface area (Å²) in [4.78, 5) is 11.3. The van der Waals surface area contributed by atoms with Crippen molar-refractivity contribution in [3.63, 3.8) is 0 Å². The minimum absolute atomic E-state index is 0.0681. The highest BCUT2D eigenvalue weighted by Crippen LogP contribution is 2.39. The van der Waals surface area contributed by atoms with Crippen LogP contribution < -0.4 is 0 Å². The molecule has 0 radical (unpaired) electrons. The highest BCUT2D eigenvalue weighted by Gasteiger charge is 2.40. The van der Waals surface area contributed by atoms with Gasteiger partial charge >= 0.3 is 5.97 Å². The van der Waals surface area contributed by atoms with Gasteiger partial charge in [-0.3, -0.25) is 4.79 Å². The van der Waals surface area contributed by atoms with Gasteiger partial charge in [0.2, 0.25) is 0 Å². The van der Waals surface area contributed by atoms with Crippen molar-refractivity contribution in [2.75, 3.05) is 0 Å². The van der Waals surface area contributed by atoms with Crippen LogP contribution in [-0.4, -0.2) is 5.97 Å². The van der Waals surface area contributed by atoms with E-state index in [0.717, 1.165) is 24.8 Å². The van der Waals surface area contributed by atoms with Gasteiger partial charge in [0, 0.05) is 12.8 Å². The Morgan fingerprint density at radius 3 is 2.38 bits per heavy atom. The highest BCUT2D eigenvalue weighted by atomic mass is 16.6. The van der Waals surface area contributed by atoms with Gasteiger partial charge in [0.05, 0.1) is 0 Å². The molecule has 0 bridgehead atoms. The number of carbonyl (C=O) groups is 1. The second kappa shape index (κ2) is 4.28. The zero-order valence-corrected chi connectivity index (χ0v) is 9.95. The van der Waals surface area contributed by atoms with Crippen LogP contribution in [0.3, 0.4) is 0 Å². The molecule has 1 aliphatic rings. The van der Waals surface area contributed by atoms with Crippen molar-refractivity contribution in [3.8, 4) is 0 Å². The Morgan fingerprint density at radius 1 is 1.25 bits per heavy atom. The quantitative estimate of drug-likeness (QED) is 0.728. The summed E-state index contributed by atoms with van der Waals surface area (Å²) in [6.45, 7) is 4.21. The van der Waals surface area contributed by atoms with E-state index < -0.39 is 0 Å². The second-order valence-corrected chi connectivity index (χ2v) is 4.37. The molecule has 1 fully saturated rings. The first-order valence-corrected chi connectivity index (χ1v) is 6.01. The Hall–Kier alpha value is -1.31. The number of hydrogen-bond acceptors (Lipinski definition) is 2. The molecule has 0 amide bonds. The molecule has 1 heterocycles. The van der Waals surface area contributed by atoms with Crippen molar-refractivity contribution in [1.82, 2.24) is 0 Å². The van der Waals surface area contributed by atoms with E-state index in [1.54, 1.807) is 0 Å². The maximum absolute atomic E-state index is 11.3. The number of benzene rings is 1. The molecule has 0 saturated carbocycles. The lowest BCUT2D eigenvalue weighted by molar-refractivity contribution is -0.149. The molecule has 1 aromatic carbocycles. The molecule has 2 nitrogen and oxygen atoms in total. The summed E-state index contributed by atoms with van der Waals surface area (Å²) in [7, 11) is 0. The molecule has 0 spiro atoms. The topological polar surface area (TPSA) is 26.3 Å². The molecule has 0 aromatic heterocycles. The minimum atomic E-state index is -0.358. The number of aryl methyl sites for hydroxylation is 1. The molecular formula is C14H18O2. The molecule has 2 heteroatoms. The third-order valence-electron chi connectivity index (χ3n) is 3.50. The molecule has 1 unspecified atom stereocenters. The summed E-state index contributed by atoms with van der Waals surface area (Å²) in [5.74, 6) is -0.0681. The summed E-state index contributed by atoms with van der Waals surface area (Å²) in [5.41, 5.74) is 2.10. The van der Waals surface area contributed by atoms with Crippen molar-refractivity contribution < 1.29 is 9.53 Å². The van der Waals surface area contributed by atoms with Crippen LogP contribution in [0.25, 0.3) is 0 Å². The predicted octanol–water partition coefficient (Wildman–Crippen LogP) is 3.19. The zero-order chi connectivity index (χ0) is 11.6. The lowest BCUT2D eigenvalue weighted by Crippen LogP contribution is -2.24. The number of hydrogen-bond donors (Lipinski definition) is 0. The van der Waals surface area contributed by atoms with E-state index in [-0.39, 0.29) is 11.6 Å². The zero-order valence-electron chi connectivity index (χ0n) is 9.95. The first-order valence-electron chi connectivity index (χ1n) is 6.01. The number of carbonyl (C=O) groups excluding carboxylic acids is 1. The van der Waals surface area contributed by atoms with Crippen molar-refractivity contribution in [1.29, 1.82) is 0 Å². The molecule has 2 rings (SSSR count). The fraction of sp³-hybridized carbons (Fsp3) is 0.500. The van der Waals surface area contributed by atoms with Crippen molar-refractivity contribution in [2.45, 2.75) is 45.1 Å². The highest BCUT2D eigenvalue weighted by molar-refractivity contribution is 5.72. The van der Waals surface area contributed by atoms with Crippen LogP contribution in [0.5, 0.6) is 0 Å². The number of esters is 1. The summed E-state index contributed by atoms with van der Waals surface area (Å²) in [5, 5.41) is 0. The van der Waals surface area contributed by atoms with Gasteiger partial charge in [0.15, 0.2) is 0 Å². The fourth-order valence-corrected chi connectivity index (χ4v) is 2.32. The predicted molar refractivity (Wildman–Crippen MR) is 63.1 cm³/mol. The van der Waals surface area contributed by atoms with E-state index in [2.05, 4.69) is 38.1 Å². The molecule has 1 atom stereocenters.